The van der Waals surface area contributed by atoms with Crippen LogP contribution in [-0.4, -0.2) is 22.9 Å². The SMILES string of the molecule is NCc1ccc(C(C(=O)c2nc3ccccc3s2)N(C(=O)C(F)(F)F)c2ccccc2)cc1. The molecule has 1 amide bonds. The molecule has 9 heteroatoms. The van der Waals surface area contributed by atoms with Crippen molar-refractivity contribution in [2.45, 2.75) is 18.8 Å². The van der Waals surface area contributed by atoms with Gasteiger partial charge in [-0.15, -0.1) is 11.3 Å². The number of nitrogens with two attached hydrogens (primary N) is 1. The highest BCUT2D eigenvalue weighted by Crippen LogP contribution is 2.36. The van der Waals surface area contributed by atoms with Gasteiger partial charge in [-0.3, -0.25) is 14.5 Å². The predicted octanol–water partition coefficient (Wildman–Crippen LogP) is 5.27. The van der Waals surface area contributed by atoms with Crippen molar-refractivity contribution in [1.29, 1.82) is 0 Å². The molecule has 0 radical (unpaired) electrons. The van der Waals surface area contributed by atoms with E-state index in [2.05, 4.69) is 4.98 Å². The average Bonchev–Trinajstić information content (AvgIpc) is 3.26. The number of halogens is 3. The largest absolute Gasteiger partial charge is 0.471 e. The Balaban J connectivity index is 1.90. The smallest absolute Gasteiger partial charge is 0.326 e. The summed E-state index contributed by atoms with van der Waals surface area (Å²) in [6, 6.07) is 19.0. The average molecular weight is 469 g/mol. The number of aromatic nitrogens is 1. The lowest BCUT2D eigenvalue weighted by Crippen LogP contribution is -2.46. The fourth-order valence-electron chi connectivity index (χ4n) is 3.46. The highest BCUT2D eigenvalue weighted by molar-refractivity contribution is 7.20. The fraction of sp³-hybridized carbons (Fsp3) is 0.125. The number of hydrogen-bond donors (Lipinski definition) is 1. The van der Waals surface area contributed by atoms with E-state index < -0.39 is 23.9 Å². The van der Waals surface area contributed by atoms with Crippen molar-refractivity contribution < 1.29 is 22.8 Å². The Morgan fingerprint density at radius 2 is 1.58 bits per heavy atom. The van der Waals surface area contributed by atoms with Crippen LogP contribution in [0.5, 0.6) is 0 Å². The third-order valence-electron chi connectivity index (χ3n) is 5.04. The van der Waals surface area contributed by atoms with E-state index in [4.69, 9.17) is 5.73 Å². The number of amides is 1. The second kappa shape index (κ2) is 9.13. The van der Waals surface area contributed by atoms with E-state index in [1.54, 1.807) is 42.5 Å². The van der Waals surface area contributed by atoms with Crippen molar-refractivity contribution in [2.24, 2.45) is 5.73 Å². The quantitative estimate of drug-likeness (QED) is 0.390. The van der Waals surface area contributed by atoms with E-state index in [1.165, 1.54) is 36.4 Å². The zero-order valence-corrected chi connectivity index (χ0v) is 17.9. The number of Topliss-reactive ketones (excluding diaryl/α,β-unsaturated/α-hetero) is 1. The number of benzene rings is 3. The summed E-state index contributed by atoms with van der Waals surface area (Å²) in [5.74, 6) is -2.85. The van der Waals surface area contributed by atoms with Crippen LogP contribution in [0, 0.1) is 0 Å². The number of anilines is 1. The molecule has 1 unspecified atom stereocenters. The molecule has 1 aromatic heterocycles. The maximum Gasteiger partial charge on any atom is 0.471 e. The molecular weight excluding hydrogens is 451 g/mol. The highest BCUT2D eigenvalue weighted by atomic mass is 32.1. The molecule has 0 aliphatic rings. The standard InChI is InChI=1S/C24H18F3N3O2S/c25-24(26,27)23(32)30(17-6-2-1-3-7-17)20(16-12-10-15(14-28)11-13-16)21(31)22-29-18-8-4-5-9-19(18)33-22/h1-13,20H,14,28H2. The summed E-state index contributed by atoms with van der Waals surface area (Å²) >= 11 is 1.07. The van der Waals surface area contributed by atoms with Gasteiger partial charge in [0.2, 0.25) is 5.78 Å². The minimum atomic E-state index is -5.20. The number of nitrogens with zero attached hydrogens (tertiary/aromatic N) is 2. The second-order valence-electron chi connectivity index (χ2n) is 7.21. The van der Waals surface area contributed by atoms with Gasteiger partial charge in [-0.25, -0.2) is 4.98 Å². The van der Waals surface area contributed by atoms with Crippen molar-refractivity contribution in [1.82, 2.24) is 4.98 Å². The van der Waals surface area contributed by atoms with E-state index in [9.17, 15) is 22.8 Å². The molecule has 0 aliphatic heterocycles. The van der Waals surface area contributed by atoms with Crippen molar-refractivity contribution in [2.75, 3.05) is 4.90 Å². The van der Waals surface area contributed by atoms with E-state index >= 15 is 0 Å². The fourth-order valence-corrected chi connectivity index (χ4v) is 4.39. The van der Waals surface area contributed by atoms with Crippen LogP contribution >= 0.6 is 11.3 Å². The Morgan fingerprint density at radius 1 is 0.939 bits per heavy atom. The van der Waals surface area contributed by atoms with Crippen LogP contribution in [0.4, 0.5) is 18.9 Å². The van der Waals surface area contributed by atoms with Crippen molar-refractivity contribution >= 4 is 38.9 Å². The molecular formula is C24H18F3N3O2S. The second-order valence-corrected chi connectivity index (χ2v) is 8.24. The van der Waals surface area contributed by atoms with E-state index in [1.807, 2.05) is 0 Å². The van der Waals surface area contributed by atoms with Crippen LogP contribution in [0.15, 0.2) is 78.9 Å². The molecule has 0 fully saturated rings. The van der Waals surface area contributed by atoms with Gasteiger partial charge in [0.05, 0.1) is 10.2 Å². The molecule has 4 aromatic rings. The van der Waals surface area contributed by atoms with Gasteiger partial charge in [-0.05, 0) is 35.4 Å². The third kappa shape index (κ3) is 4.64. The maximum atomic E-state index is 13.7. The number of thiazole rings is 1. The normalized spacial score (nSPS) is 12.5. The van der Waals surface area contributed by atoms with Gasteiger partial charge < -0.3 is 5.73 Å². The predicted molar refractivity (Wildman–Crippen MR) is 121 cm³/mol. The third-order valence-corrected chi connectivity index (χ3v) is 6.09. The Kier molecular flexibility index (Phi) is 6.26. The van der Waals surface area contributed by atoms with Crippen molar-refractivity contribution in [3.8, 4) is 0 Å². The van der Waals surface area contributed by atoms with Gasteiger partial charge in [-0.2, -0.15) is 13.2 Å². The summed E-state index contributed by atoms with van der Waals surface area (Å²) in [6.07, 6.45) is -5.20. The summed E-state index contributed by atoms with van der Waals surface area (Å²) in [4.78, 5) is 31.1. The molecule has 0 saturated heterocycles. The molecule has 1 atom stereocenters. The lowest BCUT2D eigenvalue weighted by atomic mass is 9.98. The van der Waals surface area contributed by atoms with Gasteiger partial charge in [0, 0.05) is 12.2 Å². The van der Waals surface area contributed by atoms with Crippen LogP contribution in [0.1, 0.15) is 27.0 Å². The summed E-state index contributed by atoms with van der Waals surface area (Å²) < 4.78 is 41.8. The number of para-hydroxylation sites is 2. The maximum absolute atomic E-state index is 13.7. The van der Waals surface area contributed by atoms with Crippen molar-refractivity contribution in [3.63, 3.8) is 0 Å². The zero-order chi connectivity index (χ0) is 23.6. The number of hydrogen-bond acceptors (Lipinski definition) is 5. The monoisotopic (exact) mass is 469 g/mol. The minimum absolute atomic E-state index is 0.0139. The van der Waals surface area contributed by atoms with Crippen LogP contribution < -0.4 is 10.6 Å². The first kappa shape index (κ1) is 22.6. The van der Waals surface area contributed by atoms with Crippen LogP contribution in [0.3, 0.4) is 0 Å². The van der Waals surface area contributed by atoms with Gasteiger partial charge in [0.25, 0.3) is 0 Å². The zero-order valence-electron chi connectivity index (χ0n) is 17.1. The number of carbonyl (C=O) groups excluding carboxylic acids is 2. The van der Waals surface area contributed by atoms with Crippen LogP contribution in [0.2, 0.25) is 0 Å². The van der Waals surface area contributed by atoms with Gasteiger partial charge >= 0.3 is 12.1 Å². The van der Waals surface area contributed by atoms with E-state index in [0.717, 1.165) is 16.9 Å². The molecule has 2 N–H and O–H groups in total. The van der Waals surface area contributed by atoms with Crippen molar-refractivity contribution in [3.05, 3.63) is 95.0 Å². The molecule has 0 spiro atoms. The first-order chi connectivity index (χ1) is 15.8. The van der Waals surface area contributed by atoms with E-state index in [0.29, 0.717) is 15.1 Å². The molecule has 0 aliphatic carbocycles. The molecule has 168 valence electrons. The molecule has 33 heavy (non-hydrogen) atoms. The Morgan fingerprint density at radius 3 is 2.18 bits per heavy atom. The highest BCUT2D eigenvalue weighted by Gasteiger charge is 2.47. The Hall–Kier alpha value is -3.56. The topological polar surface area (TPSA) is 76.3 Å². The van der Waals surface area contributed by atoms with E-state index in [-0.39, 0.29) is 22.8 Å². The molecule has 5 nitrogen and oxygen atoms in total. The number of rotatable bonds is 6. The number of carbonyl (C=O) groups is 2. The first-order valence-electron chi connectivity index (χ1n) is 9.93. The Labute approximate surface area is 191 Å². The molecule has 0 bridgehead atoms. The number of alkyl halides is 3. The summed E-state index contributed by atoms with van der Waals surface area (Å²) in [7, 11) is 0. The van der Waals surface area contributed by atoms with Crippen LogP contribution in [-0.2, 0) is 11.3 Å². The van der Waals surface area contributed by atoms with Gasteiger partial charge in [-0.1, -0.05) is 54.6 Å². The lowest BCUT2D eigenvalue weighted by molar-refractivity contribution is -0.170. The first-order valence-corrected chi connectivity index (χ1v) is 10.8. The molecule has 1 heterocycles. The van der Waals surface area contributed by atoms with Crippen LogP contribution in [0.25, 0.3) is 10.2 Å². The number of ketones is 1. The Bertz CT molecular complexity index is 1250. The summed E-state index contributed by atoms with van der Waals surface area (Å²) in [5, 5.41) is 0.0139. The number of fused-ring (bicyclic) bond motifs is 1. The minimum Gasteiger partial charge on any atom is -0.326 e. The molecule has 0 saturated carbocycles. The summed E-state index contributed by atoms with van der Waals surface area (Å²) in [6.45, 7) is 0.223. The molecule has 3 aromatic carbocycles. The van der Waals surface area contributed by atoms with Gasteiger partial charge in [0.1, 0.15) is 6.04 Å². The molecule has 4 rings (SSSR count). The summed E-state index contributed by atoms with van der Waals surface area (Å²) in [5.41, 5.74) is 7.09. The van der Waals surface area contributed by atoms with Gasteiger partial charge in [0.15, 0.2) is 5.01 Å². The lowest BCUT2D eigenvalue weighted by Gasteiger charge is -2.31.